The van der Waals surface area contributed by atoms with Gasteiger partial charge in [-0.15, -0.1) is 11.3 Å². The molecule has 2 N–H and O–H groups in total. The number of hydrogen-bond donors (Lipinski definition) is 2. The lowest BCUT2D eigenvalue weighted by Gasteiger charge is -2.07. The number of hydrogen-bond acceptors (Lipinski definition) is 4. The minimum atomic E-state index is 0.147. The van der Waals surface area contributed by atoms with E-state index in [1.807, 2.05) is 42.5 Å². The van der Waals surface area contributed by atoms with Crippen molar-refractivity contribution in [3.8, 4) is 0 Å². The molecule has 0 spiro atoms. The molecule has 2 aromatic carbocycles. The Morgan fingerprint density at radius 2 is 1.73 bits per heavy atom. The Hall–Kier alpha value is -2.40. The van der Waals surface area contributed by atoms with Gasteiger partial charge in [0, 0.05) is 25.2 Å². The van der Waals surface area contributed by atoms with Crippen LogP contribution in [0.1, 0.15) is 30.7 Å². The van der Waals surface area contributed by atoms with Crippen molar-refractivity contribution in [2.45, 2.75) is 32.1 Å². The van der Waals surface area contributed by atoms with Gasteiger partial charge < -0.3 is 10.6 Å². The number of aromatic nitrogens is 1. The maximum atomic E-state index is 11.9. The third kappa shape index (κ3) is 5.85. The van der Waals surface area contributed by atoms with Crippen LogP contribution in [0.25, 0.3) is 10.2 Å². The first-order valence-corrected chi connectivity index (χ1v) is 10.0. The molecule has 0 aliphatic carbocycles. The topological polar surface area (TPSA) is 54.0 Å². The van der Waals surface area contributed by atoms with Crippen LogP contribution in [-0.4, -0.2) is 24.0 Å². The van der Waals surface area contributed by atoms with Crippen LogP contribution in [0, 0.1) is 0 Å². The van der Waals surface area contributed by atoms with Gasteiger partial charge in [-0.2, -0.15) is 0 Å². The number of unbranched alkanes of at least 4 members (excludes halogenated alkanes) is 1. The van der Waals surface area contributed by atoms with Gasteiger partial charge in [-0.25, -0.2) is 4.98 Å². The van der Waals surface area contributed by atoms with E-state index in [4.69, 9.17) is 0 Å². The van der Waals surface area contributed by atoms with Crippen LogP contribution in [0.15, 0.2) is 54.6 Å². The van der Waals surface area contributed by atoms with Crippen LogP contribution < -0.4 is 10.6 Å². The highest BCUT2D eigenvalue weighted by Gasteiger charge is 2.04. The molecule has 0 fully saturated rings. The number of carbonyl (C=O) groups excluding carboxylic acids is 1. The number of para-hydroxylation sites is 2. The Kier molecular flexibility index (Phi) is 7.02. The fourth-order valence-electron chi connectivity index (χ4n) is 2.78. The zero-order valence-corrected chi connectivity index (χ0v) is 15.7. The van der Waals surface area contributed by atoms with Gasteiger partial charge in [-0.05, 0) is 49.9 Å². The predicted octanol–water partition coefficient (Wildman–Crippen LogP) is 4.63. The predicted molar refractivity (Wildman–Crippen MR) is 110 cm³/mol. The van der Waals surface area contributed by atoms with E-state index in [1.54, 1.807) is 11.3 Å². The lowest BCUT2D eigenvalue weighted by atomic mass is 10.2. The maximum absolute atomic E-state index is 11.9. The summed E-state index contributed by atoms with van der Waals surface area (Å²) < 4.78 is 1.24. The Bertz CT molecular complexity index is 783. The molecule has 0 atom stereocenters. The molecule has 26 heavy (non-hydrogen) atoms. The number of benzene rings is 2. The number of fused-ring (bicyclic) bond motifs is 1. The molecule has 0 saturated heterocycles. The molecule has 3 aromatic rings. The van der Waals surface area contributed by atoms with Crippen molar-refractivity contribution < 1.29 is 4.79 Å². The molecule has 0 saturated carbocycles. The van der Waals surface area contributed by atoms with E-state index >= 15 is 0 Å². The van der Waals surface area contributed by atoms with Crippen molar-refractivity contribution >= 4 is 33.1 Å². The highest BCUT2D eigenvalue weighted by atomic mass is 32.1. The molecular formula is C21H25N3OS. The molecule has 3 rings (SSSR count). The molecule has 0 aliphatic heterocycles. The van der Waals surface area contributed by atoms with Crippen molar-refractivity contribution in [1.29, 1.82) is 0 Å². The normalized spacial score (nSPS) is 10.8. The average molecular weight is 368 g/mol. The first-order chi connectivity index (χ1) is 12.8. The van der Waals surface area contributed by atoms with E-state index < -0.39 is 0 Å². The highest BCUT2D eigenvalue weighted by Crippen LogP contribution is 2.22. The summed E-state index contributed by atoms with van der Waals surface area (Å²) in [5.41, 5.74) is 2.20. The first kappa shape index (κ1) is 18.4. The van der Waals surface area contributed by atoms with E-state index in [1.165, 1.54) is 9.71 Å². The quantitative estimate of drug-likeness (QED) is 0.514. The zero-order valence-electron chi connectivity index (χ0n) is 14.9. The first-order valence-electron chi connectivity index (χ1n) is 9.21. The maximum Gasteiger partial charge on any atom is 0.219 e. The third-order valence-electron chi connectivity index (χ3n) is 4.16. The summed E-state index contributed by atoms with van der Waals surface area (Å²) in [6.45, 7) is 1.58. The monoisotopic (exact) mass is 367 g/mol. The molecule has 5 heteroatoms. The summed E-state index contributed by atoms with van der Waals surface area (Å²) in [6, 6.07) is 18.3. The minimum Gasteiger partial charge on any atom is -0.385 e. The Morgan fingerprint density at radius 3 is 2.58 bits per heavy atom. The SMILES string of the molecule is O=C(CCCCc1nc2ccccc2s1)NCCCNc1ccccc1. The van der Waals surface area contributed by atoms with Gasteiger partial charge in [-0.3, -0.25) is 4.79 Å². The van der Waals surface area contributed by atoms with Gasteiger partial charge in [0.1, 0.15) is 0 Å². The Labute approximate surface area is 158 Å². The molecule has 1 amide bonds. The largest absolute Gasteiger partial charge is 0.385 e. The van der Waals surface area contributed by atoms with Crippen LogP contribution in [-0.2, 0) is 11.2 Å². The van der Waals surface area contributed by atoms with Gasteiger partial charge in [0.15, 0.2) is 0 Å². The molecule has 136 valence electrons. The summed E-state index contributed by atoms with van der Waals surface area (Å²) in [7, 11) is 0. The molecule has 0 radical (unpaired) electrons. The van der Waals surface area contributed by atoms with Crippen molar-refractivity contribution in [2.75, 3.05) is 18.4 Å². The molecule has 0 aliphatic rings. The smallest absolute Gasteiger partial charge is 0.219 e. The molecule has 1 aromatic heterocycles. The van der Waals surface area contributed by atoms with Crippen molar-refractivity contribution in [1.82, 2.24) is 10.3 Å². The number of nitrogens with one attached hydrogen (secondary N) is 2. The van der Waals surface area contributed by atoms with Gasteiger partial charge in [0.2, 0.25) is 5.91 Å². The van der Waals surface area contributed by atoms with Gasteiger partial charge in [-0.1, -0.05) is 30.3 Å². The van der Waals surface area contributed by atoms with E-state index in [2.05, 4.69) is 27.8 Å². The van der Waals surface area contributed by atoms with Crippen LogP contribution in [0.3, 0.4) is 0 Å². The Balaban J connectivity index is 1.24. The lowest BCUT2D eigenvalue weighted by molar-refractivity contribution is -0.121. The van der Waals surface area contributed by atoms with Crippen LogP contribution in [0.2, 0.25) is 0 Å². The van der Waals surface area contributed by atoms with Crippen molar-refractivity contribution in [3.05, 3.63) is 59.6 Å². The molecule has 0 unspecified atom stereocenters. The molecule has 0 bridgehead atoms. The van der Waals surface area contributed by atoms with E-state index in [-0.39, 0.29) is 5.91 Å². The molecule has 4 nitrogen and oxygen atoms in total. The van der Waals surface area contributed by atoms with Gasteiger partial charge in [0.05, 0.1) is 15.2 Å². The summed E-state index contributed by atoms with van der Waals surface area (Å²) >= 11 is 1.75. The molecule has 1 heterocycles. The van der Waals surface area contributed by atoms with Crippen molar-refractivity contribution in [3.63, 3.8) is 0 Å². The summed E-state index contributed by atoms with van der Waals surface area (Å²) in [5.74, 6) is 0.147. The van der Waals surface area contributed by atoms with Crippen LogP contribution >= 0.6 is 11.3 Å². The number of aryl methyl sites for hydroxylation is 1. The number of anilines is 1. The second-order valence-electron chi connectivity index (χ2n) is 6.28. The van der Waals surface area contributed by atoms with Crippen molar-refractivity contribution in [2.24, 2.45) is 0 Å². The number of nitrogens with zero attached hydrogens (tertiary/aromatic N) is 1. The second-order valence-corrected chi connectivity index (χ2v) is 7.39. The standard InChI is InChI=1S/C21H25N3OS/c25-20(23-16-8-15-22-17-9-2-1-3-10-17)13-6-7-14-21-24-18-11-4-5-12-19(18)26-21/h1-5,9-12,22H,6-8,13-16H2,(H,23,25). The zero-order chi connectivity index (χ0) is 18.0. The van der Waals surface area contributed by atoms with Crippen LogP contribution in [0.5, 0.6) is 0 Å². The second kappa shape index (κ2) is 9.92. The number of amides is 1. The Morgan fingerprint density at radius 1 is 0.923 bits per heavy atom. The lowest BCUT2D eigenvalue weighted by Crippen LogP contribution is -2.25. The number of rotatable bonds is 10. The van der Waals surface area contributed by atoms with E-state index in [0.29, 0.717) is 6.42 Å². The fraction of sp³-hybridized carbons (Fsp3) is 0.333. The number of carbonyl (C=O) groups is 1. The summed E-state index contributed by atoms with van der Waals surface area (Å²) in [4.78, 5) is 16.5. The fourth-order valence-corrected chi connectivity index (χ4v) is 3.79. The van der Waals surface area contributed by atoms with E-state index in [0.717, 1.165) is 50.0 Å². The summed E-state index contributed by atoms with van der Waals surface area (Å²) in [6.07, 6.45) is 4.38. The number of thiazole rings is 1. The molecular weight excluding hydrogens is 342 g/mol. The highest BCUT2D eigenvalue weighted by molar-refractivity contribution is 7.18. The third-order valence-corrected chi connectivity index (χ3v) is 5.26. The van der Waals surface area contributed by atoms with Crippen LogP contribution in [0.4, 0.5) is 5.69 Å². The van der Waals surface area contributed by atoms with E-state index in [9.17, 15) is 4.79 Å². The summed E-state index contributed by atoms with van der Waals surface area (Å²) in [5, 5.41) is 7.51. The average Bonchev–Trinajstić information content (AvgIpc) is 3.09. The van der Waals surface area contributed by atoms with Gasteiger partial charge in [0.25, 0.3) is 0 Å². The minimum absolute atomic E-state index is 0.147. The van der Waals surface area contributed by atoms with Gasteiger partial charge >= 0.3 is 0 Å².